The highest BCUT2D eigenvalue weighted by Gasteiger charge is 2.29. The minimum absolute atomic E-state index is 0.227. The summed E-state index contributed by atoms with van der Waals surface area (Å²) in [6, 6.07) is 9.98. The summed E-state index contributed by atoms with van der Waals surface area (Å²) in [6.07, 6.45) is 1.87. The van der Waals surface area contributed by atoms with E-state index in [0.29, 0.717) is 25.6 Å². The largest absolute Gasteiger partial charge is 0.445 e. The summed E-state index contributed by atoms with van der Waals surface area (Å²) in [5.41, 5.74) is 6.71. The van der Waals surface area contributed by atoms with Crippen LogP contribution in [0.2, 0.25) is 0 Å². The van der Waals surface area contributed by atoms with E-state index in [2.05, 4.69) is 6.92 Å². The standard InChI is InChI=1S/C15H22N2O2/c1-12-7-8-14(9-16)10-17(12)15(18)19-11-13-5-3-2-4-6-13/h2-6,12,14H,7-11,16H2,1H3. The minimum atomic E-state index is -0.227. The summed E-state index contributed by atoms with van der Waals surface area (Å²) in [4.78, 5) is 13.9. The number of ether oxygens (including phenoxy) is 1. The van der Waals surface area contributed by atoms with E-state index in [1.54, 1.807) is 0 Å². The highest BCUT2D eigenvalue weighted by molar-refractivity contribution is 5.68. The molecule has 0 spiro atoms. The number of nitrogens with two attached hydrogens (primary N) is 1. The predicted molar refractivity (Wildman–Crippen MR) is 74.6 cm³/mol. The first kappa shape index (κ1) is 13.9. The lowest BCUT2D eigenvalue weighted by atomic mass is 9.94. The summed E-state index contributed by atoms with van der Waals surface area (Å²) in [5.74, 6) is 0.403. The predicted octanol–water partition coefficient (Wildman–Crippen LogP) is 2.38. The zero-order valence-corrected chi connectivity index (χ0v) is 11.4. The fourth-order valence-corrected chi connectivity index (χ4v) is 2.43. The van der Waals surface area contributed by atoms with Crippen LogP contribution < -0.4 is 5.73 Å². The third kappa shape index (κ3) is 3.70. The van der Waals surface area contributed by atoms with Crippen LogP contribution in [0, 0.1) is 5.92 Å². The SMILES string of the molecule is CC1CCC(CN)CN1C(=O)OCc1ccccc1. The lowest BCUT2D eigenvalue weighted by molar-refractivity contribution is 0.0600. The van der Waals surface area contributed by atoms with Crippen LogP contribution in [0.25, 0.3) is 0 Å². The minimum Gasteiger partial charge on any atom is -0.445 e. The second kappa shape index (κ2) is 6.57. The molecule has 2 N–H and O–H groups in total. The molecule has 0 radical (unpaired) electrons. The molecule has 2 unspecified atom stereocenters. The molecule has 4 heteroatoms. The summed E-state index contributed by atoms with van der Waals surface area (Å²) < 4.78 is 5.38. The molecule has 1 saturated heterocycles. The Kier molecular flexibility index (Phi) is 4.80. The van der Waals surface area contributed by atoms with Crippen molar-refractivity contribution in [3.8, 4) is 0 Å². The molecule has 0 aliphatic carbocycles. The van der Waals surface area contributed by atoms with Gasteiger partial charge in [-0.3, -0.25) is 0 Å². The molecule has 19 heavy (non-hydrogen) atoms. The molecule has 1 heterocycles. The number of carbonyl (C=O) groups excluding carboxylic acids is 1. The van der Waals surface area contributed by atoms with Crippen LogP contribution >= 0.6 is 0 Å². The van der Waals surface area contributed by atoms with Gasteiger partial charge in [0, 0.05) is 12.6 Å². The zero-order chi connectivity index (χ0) is 13.7. The van der Waals surface area contributed by atoms with Crippen molar-refractivity contribution in [1.82, 2.24) is 4.90 Å². The number of nitrogens with zero attached hydrogens (tertiary/aromatic N) is 1. The number of hydrogen-bond donors (Lipinski definition) is 1. The molecule has 0 aromatic heterocycles. The van der Waals surface area contributed by atoms with Crippen molar-refractivity contribution < 1.29 is 9.53 Å². The molecular weight excluding hydrogens is 240 g/mol. The van der Waals surface area contributed by atoms with Gasteiger partial charge in [0.25, 0.3) is 0 Å². The molecule has 0 saturated carbocycles. The van der Waals surface area contributed by atoms with E-state index in [1.807, 2.05) is 35.2 Å². The van der Waals surface area contributed by atoms with Gasteiger partial charge < -0.3 is 15.4 Å². The molecule has 1 amide bonds. The third-order valence-electron chi connectivity index (χ3n) is 3.75. The second-order valence-corrected chi connectivity index (χ2v) is 5.22. The van der Waals surface area contributed by atoms with Crippen molar-refractivity contribution in [3.05, 3.63) is 35.9 Å². The Morgan fingerprint density at radius 2 is 2.11 bits per heavy atom. The third-order valence-corrected chi connectivity index (χ3v) is 3.75. The maximum atomic E-state index is 12.1. The molecule has 1 aromatic rings. The van der Waals surface area contributed by atoms with E-state index >= 15 is 0 Å². The molecule has 1 fully saturated rings. The fourth-order valence-electron chi connectivity index (χ4n) is 2.43. The number of hydrogen-bond acceptors (Lipinski definition) is 3. The molecule has 1 aliphatic rings. The van der Waals surface area contributed by atoms with Gasteiger partial charge in [-0.1, -0.05) is 30.3 Å². The van der Waals surface area contributed by atoms with E-state index in [9.17, 15) is 4.79 Å². The smallest absolute Gasteiger partial charge is 0.410 e. The molecule has 1 aromatic carbocycles. The first-order valence-electron chi connectivity index (χ1n) is 6.88. The summed E-state index contributed by atoms with van der Waals surface area (Å²) in [7, 11) is 0. The van der Waals surface area contributed by atoms with Crippen molar-refractivity contribution in [1.29, 1.82) is 0 Å². The number of amides is 1. The normalized spacial score (nSPS) is 23.2. The Labute approximate surface area is 114 Å². The van der Waals surface area contributed by atoms with Gasteiger partial charge in [-0.2, -0.15) is 0 Å². The first-order valence-corrected chi connectivity index (χ1v) is 6.88. The van der Waals surface area contributed by atoms with E-state index in [1.165, 1.54) is 0 Å². The Hall–Kier alpha value is -1.55. The number of benzene rings is 1. The van der Waals surface area contributed by atoms with Gasteiger partial charge in [-0.25, -0.2) is 4.79 Å². The van der Waals surface area contributed by atoms with Crippen LogP contribution in [0.3, 0.4) is 0 Å². The van der Waals surface area contributed by atoms with Crippen LogP contribution in [0.5, 0.6) is 0 Å². The van der Waals surface area contributed by atoms with Gasteiger partial charge in [0.15, 0.2) is 0 Å². The molecule has 2 atom stereocenters. The van der Waals surface area contributed by atoms with Gasteiger partial charge in [0.1, 0.15) is 6.61 Å². The lowest BCUT2D eigenvalue weighted by Gasteiger charge is -2.36. The zero-order valence-electron chi connectivity index (χ0n) is 11.4. The van der Waals surface area contributed by atoms with Gasteiger partial charge in [0.2, 0.25) is 0 Å². The number of piperidine rings is 1. The molecule has 104 valence electrons. The Morgan fingerprint density at radius 3 is 2.79 bits per heavy atom. The molecular formula is C15H22N2O2. The topological polar surface area (TPSA) is 55.6 Å². The van der Waals surface area contributed by atoms with E-state index in [0.717, 1.165) is 18.4 Å². The van der Waals surface area contributed by atoms with Crippen molar-refractivity contribution in [3.63, 3.8) is 0 Å². The van der Waals surface area contributed by atoms with Crippen molar-refractivity contribution >= 4 is 6.09 Å². The maximum Gasteiger partial charge on any atom is 0.410 e. The van der Waals surface area contributed by atoms with Crippen LogP contribution in [0.15, 0.2) is 30.3 Å². The second-order valence-electron chi connectivity index (χ2n) is 5.22. The van der Waals surface area contributed by atoms with Crippen LogP contribution in [-0.4, -0.2) is 30.1 Å². The van der Waals surface area contributed by atoms with Crippen LogP contribution in [0.4, 0.5) is 4.79 Å². The van der Waals surface area contributed by atoms with Gasteiger partial charge >= 0.3 is 6.09 Å². The van der Waals surface area contributed by atoms with Crippen LogP contribution in [0.1, 0.15) is 25.3 Å². The first-order chi connectivity index (χ1) is 9.20. The van der Waals surface area contributed by atoms with E-state index < -0.39 is 0 Å². The number of carbonyl (C=O) groups is 1. The van der Waals surface area contributed by atoms with E-state index in [-0.39, 0.29) is 12.1 Å². The molecule has 2 rings (SSSR count). The average Bonchev–Trinajstić information content (AvgIpc) is 2.46. The van der Waals surface area contributed by atoms with Crippen molar-refractivity contribution in [2.45, 2.75) is 32.4 Å². The Bertz CT molecular complexity index is 408. The highest BCUT2D eigenvalue weighted by Crippen LogP contribution is 2.22. The summed E-state index contributed by atoms with van der Waals surface area (Å²) in [6.45, 7) is 3.74. The molecule has 0 bridgehead atoms. The molecule has 4 nitrogen and oxygen atoms in total. The Morgan fingerprint density at radius 1 is 1.37 bits per heavy atom. The monoisotopic (exact) mass is 262 g/mol. The van der Waals surface area contributed by atoms with Gasteiger partial charge in [0.05, 0.1) is 0 Å². The Balaban J connectivity index is 1.88. The maximum absolute atomic E-state index is 12.1. The van der Waals surface area contributed by atoms with Crippen molar-refractivity contribution in [2.75, 3.05) is 13.1 Å². The molecule has 1 aliphatic heterocycles. The highest BCUT2D eigenvalue weighted by atomic mass is 16.6. The fraction of sp³-hybridized carbons (Fsp3) is 0.533. The summed E-state index contributed by atoms with van der Waals surface area (Å²) >= 11 is 0. The summed E-state index contributed by atoms with van der Waals surface area (Å²) in [5, 5.41) is 0. The van der Waals surface area contributed by atoms with Crippen molar-refractivity contribution in [2.24, 2.45) is 11.7 Å². The number of likely N-dealkylation sites (tertiary alicyclic amines) is 1. The average molecular weight is 262 g/mol. The van der Waals surface area contributed by atoms with Crippen LogP contribution in [-0.2, 0) is 11.3 Å². The quantitative estimate of drug-likeness (QED) is 0.910. The number of rotatable bonds is 3. The van der Waals surface area contributed by atoms with E-state index in [4.69, 9.17) is 10.5 Å². The van der Waals surface area contributed by atoms with Gasteiger partial charge in [-0.05, 0) is 37.8 Å². The lowest BCUT2D eigenvalue weighted by Crippen LogP contribution is -2.47. The van der Waals surface area contributed by atoms with Gasteiger partial charge in [-0.15, -0.1) is 0 Å².